The van der Waals surface area contributed by atoms with Gasteiger partial charge >= 0.3 is 5.97 Å². The van der Waals surface area contributed by atoms with Crippen LogP contribution in [-0.4, -0.2) is 15.9 Å². The van der Waals surface area contributed by atoms with Crippen LogP contribution in [0.1, 0.15) is 19.8 Å². The first-order chi connectivity index (χ1) is 8.19. The molecule has 5 heteroatoms. The number of H-pyrrole nitrogens is 1. The van der Waals surface area contributed by atoms with E-state index < -0.39 is 0 Å². The number of esters is 1. The van der Waals surface area contributed by atoms with Gasteiger partial charge in [0.25, 0.3) is 5.56 Å². The van der Waals surface area contributed by atoms with E-state index in [-0.39, 0.29) is 11.5 Å². The molecule has 0 unspecified atom stereocenters. The highest BCUT2D eigenvalue weighted by Gasteiger charge is 2.04. The number of nitrogens with zero attached hydrogens (tertiary/aromatic N) is 1. The molecule has 0 fully saturated rings. The van der Waals surface area contributed by atoms with Gasteiger partial charge in [0, 0.05) is 12.5 Å². The Morgan fingerprint density at radius 2 is 2.29 bits per heavy atom. The molecule has 0 aliphatic heterocycles. The van der Waals surface area contributed by atoms with E-state index in [1.807, 2.05) is 6.92 Å². The van der Waals surface area contributed by atoms with Gasteiger partial charge in [0.15, 0.2) is 0 Å². The van der Waals surface area contributed by atoms with Crippen LogP contribution in [0, 0.1) is 0 Å². The highest BCUT2D eigenvalue weighted by molar-refractivity contribution is 5.78. The molecule has 88 valence electrons. The summed E-state index contributed by atoms with van der Waals surface area (Å²) >= 11 is 0. The number of carbonyl (C=O) groups excluding carboxylic acids is 1. The molecule has 1 aromatic carbocycles. The van der Waals surface area contributed by atoms with Crippen LogP contribution >= 0.6 is 0 Å². The van der Waals surface area contributed by atoms with Crippen molar-refractivity contribution in [2.24, 2.45) is 0 Å². The zero-order valence-corrected chi connectivity index (χ0v) is 9.40. The second kappa shape index (κ2) is 4.78. The molecule has 0 saturated carbocycles. The molecule has 1 N–H and O–H groups in total. The molecular weight excluding hydrogens is 220 g/mol. The largest absolute Gasteiger partial charge is 0.426 e. The molecule has 1 heterocycles. The van der Waals surface area contributed by atoms with Crippen molar-refractivity contribution in [3.63, 3.8) is 0 Å². The molecule has 0 aliphatic rings. The fourth-order valence-electron chi connectivity index (χ4n) is 1.47. The number of nitrogens with one attached hydrogen (secondary N) is 1. The van der Waals surface area contributed by atoms with Crippen LogP contribution in [-0.2, 0) is 4.79 Å². The maximum atomic E-state index is 11.3. The number of aromatic amines is 1. The predicted octanol–water partition coefficient (Wildman–Crippen LogP) is 1.63. The van der Waals surface area contributed by atoms with Gasteiger partial charge in [-0.2, -0.15) is 0 Å². The molecule has 0 aliphatic carbocycles. The van der Waals surface area contributed by atoms with Gasteiger partial charge in [-0.15, -0.1) is 0 Å². The average molecular weight is 232 g/mol. The molecule has 1 aromatic heterocycles. The Morgan fingerprint density at radius 3 is 3.06 bits per heavy atom. The number of rotatable bonds is 3. The summed E-state index contributed by atoms with van der Waals surface area (Å²) in [6.07, 6.45) is 2.33. The van der Waals surface area contributed by atoms with Gasteiger partial charge in [-0.25, -0.2) is 4.98 Å². The summed E-state index contributed by atoms with van der Waals surface area (Å²) in [7, 11) is 0. The summed E-state index contributed by atoms with van der Waals surface area (Å²) in [5.41, 5.74) is 0.925. The minimum absolute atomic E-state index is 0.280. The number of benzene rings is 1. The Balaban J connectivity index is 2.30. The summed E-state index contributed by atoms with van der Waals surface area (Å²) in [6, 6.07) is 4.94. The summed E-state index contributed by atoms with van der Waals surface area (Å²) in [5, 5.41) is 0. The van der Waals surface area contributed by atoms with Crippen molar-refractivity contribution in [1.29, 1.82) is 0 Å². The lowest BCUT2D eigenvalue weighted by Crippen LogP contribution is -2.08. The van der Waals surface area contributed by atoms with Crippen molar-refractivity contribution < 1.29 is 9.53 Å². The van der Waals surface area contributed by atoms with E-state index in [1.54, 1.807) is 18.2 Å². The predicted molar refractivity (Wildman–Crippen MR) is 62.9 cm³/mol. The van der Waals surface area contributed by atoms with Crippen LogP contribution in [0.3, 0.4) is 0 Å². The van der Waals surface area contributed by atoms with Crippen molar-refractivity contribution >= 4 is 17.0 Å². The molecule has 0 saturated heterocycles. The van der Waals surface area contributed by atoms with Crippen molar-refractivity contribution in [1.82, 2.24) is 9.97 Å². The molecular formula is C12H12N2O3. The normalized spacial score (nSPS) is 10.4. The summed E-state index contributed by atoms with van der Waals surface area (Å²) < 4.78 is 5.11. The molecule has 2 aromatic rings. The SMILES string of the molecule is CCCC(=O)Oc1ccc2ncc(=O)[nH]c2c1. The number of ether oxygens (including phenoxy) is 1. The molecule has 0 radical (unpaired) electrons. The number of carbonyl (C=O) groups is 1. The lowest BCUT2D eigenvalue weighted by Gasteiger charge is -2.04. The fourth-order valence-corrected chi connectivity index (χ4v) is 1.47. The van der Waals surface area contributed by atoms with E-state index in [1.165, 1.54) is 6.20 Å². The topological polar surface area (TPSA) is 72.0 Å². The molecule has 17 heavy (non-hydrogen) atoms. The van der Waals surface area contributed by atoms with Crippen molar-refractivity contribution in [2.75, 3.05) is 0 Å². The summed E-state index contributed by atoms with van der Waals surface area (Å²) in [5.74, 6) is 0.137. The molecule has 5 nitrogen and oxygen atoms in total. The Bertz CT molecular complexity index is 604. The quantitative estimate of drug-likeness (QED) is 0.644. The molecule has 0 amide bonds. The zero-order chi connectivity index (χ0) is 12.3. The van der Waals surface area contributed by atoms with Gasteiger partial charge in [0.2, 0.25) is 0 Å². The second-order valence-electron chi connectivity index (χ2n) is 3.65. The third-order valence-electron chi connectivity index (χ3n) is 2.23. The second-order valence-corrected chi connectivity index (χ2v) is 3.65. The molecule has 2 rings (SSSR count). The molecule has 0 atom stereocenters. The third kappa shape index (κ3) is 2.69. The minimum atomic E-state index is -0.283. The van der Waals surface area contributed by atoms with Crippen LogP contribution in [0.2, 0.25) is 0 Å². The number of fused-ring (bicyclic) bond motifs is 1. The van der Waals surface area contributed by atoms with Gasteiger partial charge < -0.3 is 9.72 Å². The highest BCUT2D eigenvalue weighted by Crippen LogP contribution is 2.17. The average Bonchev–Trinajstić information content (AvgIpc) is 2.28. The minimum Gasteiger partial charge on any atom is -0.426 e. The number of hydrogen-bond donors (Lipinski definition) is 1. The van der Waals surface area contributed by atoms with E-state index in [4.69, 9.17) is 4.74 Å². The maximum absolute atomic E-state index is 11.3. The van der Waals surface area contributed by atoms with Gasteiger partial charge in [0.05, 0.1) is 17.2 Å². The van der Waals surface area contributed by atoms with Gasteiger partial charge in [-0.1, -0.05) is 6.92 Å². The van der Waals surface area contributed by atoms with Crippen LogP contribution < -0.4 is 10.3 Å². The lowest BCUT2D eigenvalue weighted by molar-refractivity contribution is -0.134. The van der Waals surface area contributed by atoms with E-state index in [0.29, 0.717) is 23.2 Å². The van der Waals surface area contributed by atoms with E-state index in [0.717, 1.165) is 6.42 Å². The highest BCUT2D eigenvalue weighted by atomic mass is 16.5. The smallest absolute Gasteiger partial charge is 0.311 e. The van der Waals surface area contributed by atoms with Gasteiger partial charge in [-0.05, 0) is 18.6 Å². The van der Waals surface area contributed by atoms with E-state index in [9.17, 15) is 9.59 Å². The monoisotopic (exact) mass is 232 g/mol. The molecule has 0 bridgehead atoms. The van der Waals surface area contributed by atoms with E-state index in [2.05, 4.69) is 9.97 Å². The van der Waals surface area contributed by atoms with Crippen molar-refractivity contribution in [2.45, 2.75) is 19.8 Å². The first-order valence-electron chi connectivity index (χ1n) is 5.39. The Hall–Kier alpha value is -2.17. The van der Waals surface area contributed by atoms with Crippen molar-refractivity contribution in [3.05, 3.63) is 34.7 Å². The molecule has 0 spiro atoms. The van der Waals surface area contributed by atoms with Crippen LogP contribution in [0.15, 0.2) is 29.2 Å². The van der Waals surface area contributed by atoms with E-state index >= 15 is 0 Å². The Labute approximate surface area is 97.4 Å². The fraction of sp³-hybridized carbons (Fsp3) is 0.250. The number of hydrogen-bond acceptors (Lipinski definition) is 4. The summed E-state index contributed by atoms with van der Waals surface area (Å²) in [4.78, 5) is 29.0. The van der Waals surface area contributed by atoms with Gasteiger partial charge in [0.1, 0.15) is 5.75 Å². The Morgan fingerprint density at radius 1 is 1.47 bits per heavy atom. The Kier molecular flexibility index (Phi) is 3.18. The zero-order valence-electron chi connectivity index (χ0n) is 9.40. The maximum Gasteiger partial charge on any atom is 0.311 e. The first-order valence-corrected chi connectivity index (χ1v) is 5.39. The standard InChI is InChI=1S/C12H12N2O3/c1-2-3-12(16)17-8-4-5-9-10(6-8)14-11(15)7-13-9/h4-7H,2-3H2,1H3,(H,14,15). The van der Waals surface area contributed by atoms with Crippen LogP contribution in [0.25, 0.3) is 11.0 Å². The van der Waals surface area contributed by atoms with Crippen molar-refractivity contribution in [3.8, 4) is 5.75 Å². The summed E-state index contributed by atoms with van der Waals surface area (Å²) in [6.45, 7) is 1.91. The van der Waals surface area contributed by atoms with Crippen LogP contribution in [0.4, 0.5) is 0 Å². The van der Waals surface area contributed by atoms with Gasteiger partial charge in [-0.3, -0.25) is 9.59 Å². The van der Waals surface area contributed by atoms with Crippen LogP contribution in [0.5, 0.6) is 5.75 Å². The number of aromatic nitrogens is 2. The first kappa shape index (κ1) is 11.3. The lowest BCUT2D eigenvalue weighted by atomic mass is 10.3. The third-order valence-corrected chi connectivity index (χ3v) is 2.23.